The van der Waals surface area contributed by atoms with Gasteiger partial charge in [-0.05, 0) is 89.8 Å². The van der Waals surface area contributed by atoms with Crippen LogP contribution in [-0.2, 0) is 63.6 Å². The van der Waals surface area contributed by atoms with Crippen molar-refractivity contribution in [1.29, 1.82) is 0 Å². The summed E-state index contributed by atoms with van der Waals surface area (Å²) in [5.74, 6) is -1.73. The summed E-state index contributed by atoms with van der Waals surface area (Å²) in [6.07, 6.45) is 7.63. The van der Waals surface area contributed by atoms with Crippen molar-refractivity contribution in [2.45, 2.75) is 181 Å². The van der Waals surface area contributed by atoms with Gasteiger partial charge < -0.3 is 58.7 Å². The number of esters is 2. The molecule has 9 atom stereocenters. The number of methoxy groups -OCH3 is 3. The van der Waals surface area contributed by atoms with Crippen molar-refractivity contribution in [3.8, 4) is 0 Å². The van der Waals surface area contributed by atoms with Gasteiger partial charge in [-0.1, -0.05) is 58.4 Å². The van der Waals surface area contributed by atoms with Gasteiger partial charge in [0, 0.05) is 70.6 Å². The number of epoxide rings is 2. The van der Waals surface area contributed by atoms with Crippen LogP contribution in [0.15, 0.2) is 35.9 Å². The summed E-state index contributed by atoms with van der Waals surface area (Å²) in [5.41, 5.74) is 1.96. The highest BCUT2D eigenvalue weighted by Gasteiger charge is 2.78. The van der Waals surface area contributed by atoms with E-state index in [1.54, 1.807) is 33.5 Å². The molecule has 2 aliphatic heterocycles. The van der Waals surface area contributed by atoms with E-state index in [0.717, 1.165) is 50.7 Å². The van der Waals surface area contributed by atoms with Crippen LogP contribution in [0, 0.1) is 11.3 Å². The summed E-state index contributed by atoms with van der Waals surface area (Å²) in [4.78, 5) is 58.4. The van der Waals surface area contributed by atoms with Crippen molar-refractivity contribution < 1.29 is 72.1 Å². The summed E-state index contributed by atoms with van der Waals surface area (Å²) in [6, 6.07) is 7.27. The molecule has 2 saturated heterocycles. The van der Waals surface area contributed by atoms with Crippen molar-refractivity contribution in [1.82, 2.24) is 5.32 Å². The number of carbonyl (C=O) groups excluding carboxylic acids is 4. The van der Waals surface area contributed by atoms with Crippen molar-refractivity contribution in [3.63, 3.8) is 0 Å². The third kappa shape index (κ3) is 19.1. The van der Waals surface area contributed by atoms with Crippen LogP contribution in [0.2, 0.25) is 0 Å². The number of aliphatic hydroxyl groups excluding tert-OH is 1. The second kappa shape index (κ2) is 29.7. The summed E-state index contributed by atoms with van der Waals surface area (Å²) < 4.78 is 43.6. The zero-order chi connectivity index (χ0) is 50.2. The molecule has 1 saturated carbocycles. The van der Waals surface area contributed by atoms with Gasteiger partial charge in [0.25, 0.3) is 0 Å². The van der Waals surface area contributed by atoms with Gasteiger partial charge in [-0.3, -0.25) is 19.2 Å². The number of carboxylic acids is 1. The fourth-order valence-corrected chi connectivity index (χ4v) is 8.25. The molecule has 3 aliphatic rings. The Kier molecular flexibility index (Phi) is 26.1. The van der Waals surface area contributed by atoms with Crippen molar-refractivity contribution in [2.24, 2.45) is 11.3 Å². The van der Waals surface area contributed by atoms with Crippen LogP contribution in [0.3, 0.4) is 0 Å². The molecule has 382 valence electrons. The number of rotatable bonds is 26. The van der Waals surface area contributed by atoms with Gasteiger partial charge in [-0.15, -0.1) is 0 Å². The number of nitrogens with one attached hydrogen (secondary N) is 2. The molecule has 2 heterocycles. The highest BCUT2D eigenvalue weighted by molar-refractivity contribution is 5.90. The minimum atomic E-state index is -0.897. The number of carboxylic acid groups (broad SMARTS) is 1. The molecule has 17 heteroatoms. The van der Waals surface area contributed by atoms with E-state index >= 15 is 0 Å². The lowest BCUT2D eigenvalue weighted by Crippen LogP contribution is -2.59. The van der Waals surface area contributed by atoms with Crippen LogP contribution in [0.4, 0.5) is 10.5 Å². The average molecular weight is 951 g/mol. The van der Waals surface area contributed by atoms with E-state index in [9.17, 15) is 24.0 Å². The SMILES string of the molecule is CCC(CO)OC.CCC(COC(=O)CCCC(=O)Nc1ccc(CNC(=O)O[C@@H]2CC[C@]3(CO3)[C@@](C)([C@@]3(C)O[C@@H]3CC=C(C)C)[C@@H]2C)cc1)OC.CCC(COC(=O)CCCC(=O)O)OC. The van der Waals surface area contributed by atoms with E-state index in [1.165, 1.54) is 5.57 Å². The normalized spacial score (nSPS) is 24.7. The van der Waals surface area contributed by atoms with Crippen LogP contribution in [0.1, 0.15) is 138 Å². The van der Waals surface area contributed by atoms with Gasteiger partial charge in [0.05, 0.1) is 37.6 Å². The lowest BCUT2D eigenvalue weighted by atomic mass is 9.54. The average Bonchev–Trinajstić information content (AvgIpc) is 4.24. The summed E-state index contributed by atoms with van der Waals surface area (Å²) in [6.45, 7) is 18.3. The Balaban J connectivity index is 0.000000578. The molecule has 2 amide bonds. The van der Waals surface area contributed by atoms with Crippen molar-refractivity contribution in [3.05, 3.63) is 41.5 Å². The van der Waals surface area contributed by atoms with E-state index < -0.39 is 12.1 Å². The van der Waals surface area contributed by atoms with Crippen LogP contribution < -0.4 is 10.6 Å². The third-order valence-corrected chi connectivity index (χ3v) is 13.4. The first-order chi connectivity index (χ1) is 31.8. The minimum Gasteiger partial charge on any atom is -0.481 e. The summed E-state index contributed by atoms with van der Waals surface area (Å²) in [7, 11) is 4.75. The van der Waals surface area contributed by atoms with Crippen molar-refractivity contribution >= 4 is 35.6 Å². The van der Waals surface area contributed by atoms with Crippen molar-refractivity contribution in [2.75, 3.05) is 53.1 Å². The fourth-order valence-electron chi connectivity index (χ4n) is 8.25. The number of amides is 2. The van der Waals surface area contributed by atoms with Gasteiger partial charge in [-0.2, -0.15) is 0 Å². The van der Waals surface area contributed by atoms with E-state index in [1.807, 2.05) is 32.9 Å². The van der Waals surface area contributed by atoms with Gasteiger partial charge in [-0.25, -0.2) is 4.79 Å². The first kappa shape index (κ1) is 59.0. The number of benzene rings is 1. The molecule has 17 nitrogen and oxygen atoms in total. The molecule has 67 heavy (non-hydrogen) atoms. The first-order valence-electron chi connectivity index (χ1n) is 23.8. The second-order valence-corrected chi connectivity index (χ2v) is 18.0. The maximum absolute atomic E-state index is 12.9. The number of hydrogen-bond donors (Lipinski definition) is 4. The lowest BCUT2D eigenvalue weighted by Gasteiger charge is -2.50. The number of allylic oxidation sites excluding steroid dienone is 1. The quantitative estimate of drug-likeness (QED) is 0.0302. The molecule has 3 fully saturated rings. The Bertz CT molecular complexity index is 1680. The molecule has 1 spiro atoms. The molecule has 0 bridgehead atoms. The molecule has 1 aliphatic carbocycles. The zero-order valence-electron chi connectivity index (χ0n) is 42.1. The summed E-state index contributed by atoms with van der Waals surface area (Å²) in [5, 5.41) is 22.5. The molecule has 1 aromatic carbocycles. The number of anilines is 1. The zero-order valence-corrected chi connectivity index (χ0v) is 42.1. The number of carbonyl (C=O) groups is 5. The lowest BCUT2D eigenvalue weighted by molar-refractivity contribution is -0.148. The predicted molar refractivity (Wildman–Crippen MR) is 252 cm³/mol. The molecular formula is C50H82N2O15. The number of aliphatic hydroxyl groups is 1. The molecule has 0 radical (unpaired) electrons. The Hall–Kier alpha value is -4.13. The largest absolute Gasteiger partial charge is 0.481 e. The molecular weight excluding hydrogens is 869 g/mol. The molecule has 3 unspecified atom stereocenters. The molecule has 4 rings (SSSR count). The van der Waals surface area contributed by atoms with E-state index in [4.69, 9.17) is 48.1 Å². The van der Waals surface area contributed by atoms with E-state index in [2.05, 4.69) is 51.3 Å². The Labute approximate surface area is 398 Å². The predicted octanol–water partition coefficient (Wildman–Crippen LogP) is 7.69. The molecule has 1 aromatic rings. The van der Waals surface area contributed by atoms with Crippen LogP contribution in [-0.4, -0.2) is 130 Å². The fraction of sp³-hybridized carbons (Fsp3) is 0.740. The number of ether oxygens (including phenoxy) is 8. The van der Waals surface area contributed by atoms with Crippen LogP contribution >= 0.6 is 0 Å². The Morgan fingerprint density at radius 1 is 0.836 bits per heavy atom. The number of hydrogen-bond acceptors (Lipinski definition) is 14. The molecule has 0 aromatic heterocycles. The Morgan fingerprint density at radius 2 is 1.37 bits per heavy atom. The van der Waals surface area contributed by atoms with Crippen LogP contribution in [0.25, 0.3) is 0 Å². The Morgan fingerprint density at radius 3 is 1.82 bits per heavy atom. The van der Waals surface area contributed by atoms with E-state index in [-0.39, 0.29) is 116 Å². The smallest absolute Gasteiger partial charge is 0.407 e. The topological polar surface area (TPSA) is 230 Å². The summed E-state index contributed by atoms with van der Waals surface area (Å²) >= 11 is 0. The molecule has 4 N–H and O–H groups in total. The monoisotopic (exact) mass is 951 g/mol. The highest BCUT2D eigenvalue weighted by atomic mass is 16.6. The van der Waals surface area contributed by atoms with Gasteiger partial charge in [0.2, 0.25) is 5.91 Å². The first-order valence-corrected chi connectivity index (χ1v) is 23.8. The number of aliphatic carboxylic acids is 1. The van der Waals surface area contributed by atoms with Crippen LogP contribution in [0.5, 0.6) is 0 Å². The van der Waals surface area contributed by atoms with Gasteiger partial charge >= 0.3 is 24.0 Å². The highest BCUT2D eigenvalue weighted by Crippen LogP contribution is 2.68. The minimum absolute atomic E-state index is 0.00339. The maximum atomic E-state index is 12.9. The van der Waals surface area contributed by atoms with Gasteiger partial charge in [0.1, 0.15) is 30.5 Å². The second-order valence-electron chi connectivity index (χ2n) is 18.0. The number of alkyl carbamates (subject to hydrolysis) is 1. The van der Waals surface area contributed by atoms with E-state index in [0.29, 0.717) is 25.1 Å². The third-order valence-electron chi connectivity index (χ3n) is 13.4. The standard InChI is InChI=1S/C35H52N2O8.C10H18O5.C5H12O2/c1-8-27(41-7)21-42-31(39)11-9-10-30(38)37-26-15-13-25(14-16-26)20-36-32(40)44-28-18-19-35(22-43-35)33(5,24(28)4)34(6)29(45-34)17-12-23(2)3;1-3-8(14-2)7-15-10(13)6-4-5-9(11)12;1-3-5(4-6)7-2/h12-16,24,27-29H,8-11,17-22H2,1-7H3,(H,36,40)(H,37,38);8H,3-7H2,1-2H3,(H,11,12);5-6H,3-4H2,1-2H3/t24-,27?,28-,29-,33-,34+,35+;;/m1../s1. The maximum Gasteiger partial charge on any atom is 0.407 e. The van der Waals surface area contributed by atoms with Gasteiger partial charge in [0.15, 0.2) is 0 Å².